The smallest absolute Gasteiger partial charge is 0.346 e. The van der Waals surface area contributed by atoms with Crippen LogP contribution in [0.15, 0.2) is 5.38 Å². The molecule has 1 rings (SSSR count). The van der Waals surface area contributed by atoms with Gasteiger partial charge in [-0.3, -0.25) is 4.79 Å². The molecule has 0 saturated heterocycles. The Kier molecular flexibility index (Phi) is 1.91. The second kappa shape index (κ2) is 2.71. The molecule has 0 spiro atoms. The van der Waals surface area contributed by atoms with E-state index in [9.17, 15) is 9.59 Å². The lowest BCUT2D eigenvalue weighted by atomic mass is 10.2. The number of rotatable bonds is 2. The van der Waals surface area contributed by atoms with Gasteiger partial charge in [0.25, 0.3) is 0 Å². The predicted molar refractivity (Wildman–Crippen MR) is 38.3 cm³/mol. The average molecular weight is 172 g/mol. The number of aromatic hydroxyl groups is 1. The molecule has 0 saturated carbocycles. The summed E-state index contributed by atoms with van der Waals surface area (Å²) in [7, 11) is 0. The van der Waals surface area contributed by atoms with Crippen LogP contribution in [0.1, 0.15) is 20.0 Å². The van der Waals surface area contributed by atoms with Gasteiger partial charge in [0.1, 0.15) is 10.6 Å². The predicted octanol–water partition coefficient (Wildman–Crippen LogP) is 0.964. The first-order valence-corrected chi connectivity index (χ1v) is 3.53. The maximum atomic E-state index is 10.3. The monoisotopic (exact) mass is 172 g/mol. The highest BCUT2D eigenvalue weighted by Gasteiger charge is 2.15. The number of hydrogen-bond donors (Lipinski definition) is 2. The molecule has 0 amide bonds. The van der Waals surface area contributed by atoms with E-state index in [1.807, 2.05) is 0 Å². The third-order valence-electron chi connectivity index (χ3n) is 1.12. The van der Waals surface area contributed by atoms with Gasteiger partial charge in [-0.05, 0) is 0 Å². The van der Waals surface area contributed by atoms with Crippen molar-refractivity contribution in [3.05, 3.63) is 15.8 Å². The molecule has 4 nitrogen and oxygen atoms in total. The summed E-state index contributed by atoms with van der Waals surface area (Å²) in [6.07, 6.45) is 0.329. The van der Waals surface area contributed by atoms with Crippen molar-refractivity contribution in [2.24, 2.45) is 0 Å². The third kappa shape index (κ3) is 1.22. The van der Waals surface area contributed by atoms with Crippen molar-refractivity contribution in [1.82, 2.24) is 0 Å². The quantitative estimate of drug-likeness (QED) is 0.651. The fourth-order valence-electron chi connectivity index (χ4n) is 0.638. The summed E-state index contributed by atoms with van der Waals surface area (Å²) in [6, 6.07) is 0. The van der Waals surface area contributed by atoms with Crippen LogP contribution in [0.5, 0.6) is 5.75 Å². The van der Waals surface area contributed by atoms with Gasteiger partial charge >= 0.3 is 5.97 Å². The Hall–Kier alpha value is -1.36. The zero-order chi connectivity index (χ0) is 8.43. The number of carbonyl (C=O) groups excluding carboxylic acids is 1. The molecule has 1 aromatic rings. The summed E-state index contributed by atoms with van der Waals surface area (Å²) in [5, 5.41) is 18.6. The molecule has 2 N–H and O–H groups in total. The van der Waals surface area contributed by atoms with Gasteiger partial charge in [0.15, 0.2) is 6.29 Å². The number of carboxylic acids is 1. The molecule has 5 heteroatoms. The van der Waals surface area contributed by atoms with Crippen LogP contribution in [0.3, 0.4) is 0 Å². The highest BCUT2D eigenvalue weighted by atomic mass is 32.1. The maximum Gasteiger partial charge on any atom is 0.346 e. The highest BCUT2D eigenvalue weighted by molar-refractivity contribution is 7.12. The summed E-state index contributed by atoms with van der Waals surface area (Å²) < 4.78 is 0. The van der Waals surface area contributed by atoms with E-state index >= 15 is 0 Å². The molecule has 0 unspecified atom stereocenters. The summed E-state index contributed by atoms with van der Waals surface area (Å²) >= 11 is 0.828. The van der Waals surface area contributed by atoms with Crippen molar-refractivity contribution in [2.45, 2.75) is 0 Å². The average Bonchev–Trinajstić information content (AvgIpc) is 2.30. The lowest BCUT2D eigenvalue weighted by Gasteiger charge is -1.88. The fraction of sp³-hybridized carbons (Fsp3) is 0. The van der Waals surface area contributed by atoms with E-state index in [1.165, 1.54) is 5.38 Å². The Morgan fingerprint density at radius 2 is 2.27 bits per heavy atom. The lowest BCUT2D eigenvalue weighted by molar-refractivity contribution is 0.0699. The van der Waals surface area contributed by atoms with Gasteiger partial charge in [-0.25, -0.2) is 4.79 Å². The normalized spacial score (nSPS) is 9.45. The Labute approximate surface area is 65.7 Å². The van der Waals surface area contributed by atoms with Crippen molar-refractivity contribution < 1.29 is 19.8 Å². The van der Waals surface area contributed by atoms with E-state index in [4.69, 9.17) is 10.2 Å². The van der Waals surface area contributed by atoms with Crippen LogP contribution in [-0.4, -0.2) is 22.5 Å². The van der Waals surface area contributed by atoms with Gasteiger partial charge in [-0.15, -0.1) is 11.3 Å². The molecular weight excluding hydrogens is 168 g/mol. The van der Waals surface area contributed by atoms with Gasteiger partial charge < -0.3 is 10.2 Å². The van der Waals surface area contributed by atoms with Gasteiger partial charge in [0.2, 0.25) is 0 Å². The van der Waals surface area contributed by atoms with Gasteiger partial charge in [-0.2, -0.15) is 0 Å². The second-order valence-corrected chi connectivity index (χ2v) is 2.67. The standard InChI is InChI=1S/C6H4O4S/c7-1-3-4(8)2-11-5(3)6(9)10/h1-2,8H,(H,9,10). The van der Waals surface area contributed by atoms with E-state index in [1.54, 1.807) is 0 Å². The summed E-state index contributed by atoms with van der Waals surface area (Å²) in [5.74, 6) is -1.47. The number of thiophene rings is 1. The maximum absolute atomic E-state index is 10.3. The van der Waals surface area contributed by atoms with E-state index in [2.05, 4.69) is 0 Å². The van der Waals surface area contributed by atoms with Crippen molar-refractivity contribution in [3.8, 4) is 5.75 Å². The van der Waals surface area contributed by atoms with Gasteiger partial charge in [0.05, 0.1) is 5.56 Å². The molecule has 1 heterocycles. The van der Waals surface area contributed by atoms with Crippen LogP contribution in [0.4, 0.5) is 0 Å². The minimum Gasteiger partial charge on any atom is -0.506 e. The summed E-state index contributed by atoms with van der Waals surface area (Å²) in [4.78, 5) is 20.4. The molecule has 11 heavy (non-hydrogen) atoms. The van der Waals surface area contributed by atoms with Crippen LogP contribution in [0.25, 0.3) is 0 Å². The largest absolute Gasteiger partial charge is 0.506 e. The van der Waals surface area contributed by atoms with E-state index in [-0.39, 0.29) is 16.2 Å². The topological polar surface area (TPSA) is 74.6 Å². The van der Waals surface area contributed by atoms with Crippen molar-refractivity contribution in [1.29, 1.82) is 0 Å². The molecule has 0 aliphatic rings. The van der Waals surface area contributed by atoms with Crippen molar-refractivity contribution >= 4 is 23.6 Å². The first kappa shape index (κ1) is 7.74. The second-order valence-electron chi connectivity index (χ2n) is 1.79. The van der Waals surface area contributed by atoms with E-state index in [0.29, 0.717) is 6.29 Å². The molecule has 0 fully saturated rings. The van der Waals surface area contributed by atoms with Crippen molar-refractivity contribution in [3.63, 3.8) is 0 Å². The molecule has 0 bridgehead atoms. The molecule has 1 aromatic heterocycles. The molecule has 0 atom stereocenters. The van der Waals surface area contributed by atoms with Crippen molar-refractivity contribution in [2.75, 3.05) is 0 Å². The Morgan fingerprint density at radius 3 is 2.64 bits per heavy atom. The zero-order valence-corrected chi connectivity index (χ0v) is 6.09. The molecule has 0 aliphatic carbocycles. The Morgan fingerprint density at radius 1 is 1.64 bits per heavy atom. The van der Waals surface area contributed by atoms with E-state index in [0.717, 1.165) is 11.3 Å². The van der Waals surface area contributed by atoms with Crippen LogP contribution in [-0.2, 0) is 0 Å². The number of carbonyl (C=O) groups is 2. The summed E-state index contributed by atoms with van der Waals surface area (Å²) in [5.41, 5.74) is -0.150. The SMILES string of the molecule is O=Cc1c(O)csc1C(=O)O. The Balaban J connectivity index is 3.26. The number of hydrogen-bond acceptors (Lipinski definition) is 4. The number of aldehydes is 1. The zero-order valence-electron chi connectivity index (χ0n) is 5.27. The summed E-state index contributed by atoms with van der Waals surface area (Å²) in [6.45, 7) is 0. The van der Waals surface area contributed by atoms with E-state index < -0.39 is 5.97 Å². The molecule has 58 valence electrons. The minimum atomic E-state index is -1.20. The van der Waals surface area contributed by atoms with Crippen LogP contribution >= 0.6 is 11.3 Å². The van der Waals surface area contributed by atoms with Crippen LogP contribution in [0, 0.1) is 0 Å². The van der Waals surface area contributed by atoms with Crippen LogP contribution < -0.4 is 0 Å². The van der Waals surface area contributed by atoms with Gasteiger partial charge in [0, 0.05) is 5.38 Å². The fourth-order valence-corrected chi connectivity index (χ4v) is 1.37. The first-order valence-electron chi connectivity index (χ1n) is 2.65. The molecular formula is C6H4O4S. The third-order valence-corrected chi connectivity index (χ3v) is 2.09. The lowest BCUT2D eigenvalue weighted by Crippen LogP contribution is -1.96. The molecule has 0 aliphatic heterocycles. The first-order chi connectivity index (χ1) is 5.16. The van der Waals surface area contributed by atoms with Gasteiger partial charge in [-0.1, -0.05) is 0 Å². The van der Waals surface area contributed by atoms with Crippen LogP contribution in [0.2, 0.25) is 0 Å². The molecule has 0 aromatic carbocycles. The number of carboxylic acid groups (broad SMARTS) is 1. The highest BCUT2D eigenvalue weighted by Crippen LogP contribution is 2.26. The molecule has 0 radical (unpaired) electrons. The minimum absolute atomic E-state index is 0.127. The number of aromatic carboxylic acids is 1. The Bertz CT molecular complexity index is 302.